The van der Waals surface area contributed by atoms with Crippen LogP contribution in [-0.2, 0) is 20.9 Å². The molecule has 0 unspecified atom stereocenters. The Morgan fingerprint density at radius 2 is 1.93 bits per heavy atom. The van der Waals surface area contributed by atoms with Crippen LogP contribution in [0.25, 0.3) is 0 Å². The molecule has 0 aromatic carbocycles. The molecule has 3 saturated carbocycles. The zero-order valence-corrected chi connectivity index (χ0v) is 17.1. The summed E-state index contributed by atoms with van der Waals surface area (Å²) in [6, 6.07) is 1.83. The van der Waals surface area contributed by atoms with Gasteiger partial charge in [0.25, 0.3) is 0 Å². The van der Waals surface area contributed by atoms with Crippen molar-refractivity contribution in [2.45, 2.75) is 52.0 Å². The van der Waals surface area contributed by atoms with Crippen LogP contribution in [0.3, 0.4) is 0 Å². The summed E-state index contributed by atoms with van der Waals surface area (Å²) in [6.07, 6.45) is 6.53. The second-order valence-corrected chi connectivity index (χ2v) is 9.55. The molecule has 4 fully saturated rings. The summed E-state index contributed by atoms with van der Waals surface area (Å²) in [5.41, 5.74) is 1.02. The summed E-state index contributed by atoms with van der Waals surface area (Å²) in [5.74, 6) is 1.01. The average molecular weight is 402 g/mol. The second kappa shape index (κ2) is 7.42. The quantitative estimate of drug-likeness (QED) is 0.710. The molecule has 4 atom stereocenters. The van der Waals surface area contributed by atoms with Crippen LogP contribution in [-0.4, -0.2) is 36.7 Å². The molecule has 5 rings (SSSR count). The molecule has 1 aliphatic heterocycles. The predicted octanol–water partition coefficient (Wildman–Crippen LogP) is 2.19. The molecule has 1 amide bonds. The van der Waals surface area contributed by atoms with Crippen LogP contribution in [0, 0.1) is 41.9 Å². The number of hydrogen-bond donors (Lipinski definition) is 2. The van der Waals surface area contributed by atoms with Crippen LogP contribution in [0.2, 0.25) is 0 Å². The summed E-state index contributed by atoms with van der Waals surface area (Å²) in [5, 5.41) is 10.2. The third-order valence-electron chi connectivity index (χ3n) is 7.96. The summed E-state index contributed by atoms with van der Waals surface area (Å²) in [7, 11) is 0. The predicted molar refractivity (Wildman–Crippen MR) is 105 cm³/mol. The SMILES string of the molecule is Cc1cc(CNC(=O)[C@H]2[C@H](C(=O)OCC3CCNCC3)[C@H]3CC[C@@H]2C32CC2)on1. The highest BCUT2D eigenvalue weighted by Crippen LogP contribution is 2.74. The molecule has 4 aliphatic rings. The molecule has 158 valence electrons. The maximum atomic E-state index is 13.2. The number of nitrogens with one attached hydrogen (secondary N) is 2. The molecular formula is C22H31N3O4. The smallest absolute Gasteiger partial charge is 0.310 e. The van der Waals surface area contributed by atoms with Crippen LogP contribution in [0.5, 0.6) is 0 Å². The first kappa shape index (κ1) is 19.1. The lowest BCUT2D eigenvalue weighted by molar-refractivity contribution is -0.157. The zero-order chi connectivity index (χ0) is 20.0. The number of nitrogens with zero attached hydrogens (tertiary/aromatic N) is 1. The Hall–Kier alpha value is -1.89. The maximum Gasteiger partial charge on any atom is 0.310 e. The van der Waals surface area contributed by atoms with Gasteiger partial charge in [-0.1, -0.05) is 5.16 Å². The largest absolute Gasteiger partial charge is 0.465 e. The number of aryl methyl sites for hydroxylation is 1. The van der Waals surface area contributed by atoms with E-state index < -0.39 is 0 Å². The van der Waals surface area contributed by atoms with Crippen LogP contribution in [0.15, 0.2) is 10.6 Å². The van der Waals surface area contributed by atoms with Gasteiger partial charge in [-0.25, -0.2) is 0 Å². The first-order valence-electron chi connectivity index (χ1n) is 11.2. The van der Waals surface area contributed by atoms with Gasteiger partial charge in [-0.05, 0) is 81.7 Å². The van der Waals surface area contributed by atoms with Gasteiger partial charge in [-0.2, -0.15) is 0 Å². The van der Waals surface area contributed by atoms with Gasteiger partial charge < -0.3 is 19.9 Å². The molecule has 3 aliphatic carbocycles. The molecule has 7 nitrogen and oxygen atoms in total. The van der Waals surface area contributed by atoms with Crippen molar-refractivity contribution >= 4 is 11.9 Å². The molecule has 7 heteroatoms. The number of carbonyl (C=O) groups excluding carboxylic acids is 2. The molecule has 2 heterocycles. The molecule has 1 aromatic rings. The first-order chi connectivity index (χ1) is 14.1. The van der Waals surface area contributed by atoms with E-state index >= 15 is 0 Å². The maximum absolute atomic E-state index is 13.2. The van der Waals surface area contributed by atoms with Crippen molar-refractivity contribution in [2.24, 2.45) is 35.0 Å². The van der Waals surface area contributed by atoms with Crippen molar-refractivity contribution in [1.82, 2.24) is 15.8 Å². The molecule has 2 bridgehead atoms. The van der Waals surface area contributed by atoms with Gasteiger partial charge in [0.2, 0.25) is 5.91 Å². The summed E-state index contributed by atoms with van der Waals surface area (Å²) >= 11 is 0. The number of amides is 1. The molecule has 2 N–H and O–H groups in total. The van der Waals surface area contributed by atoms with Crippen LogP contribution >= 0.6 is 0 Å². The average Bonchev–Trinajstić information content (AvgIpc) is 3.22. The number of esters is 1. The third kappa shape index (κ3) is 3.37. The van der Waals surface area contributed by atoms with E-state index in [4.69, 9.17) is 9.26 Å². The van der Waals surface area contributed by atoms with Crippen LogP contribution < -0.4 is 10.6 Å². The lowest BCUT2D eigenvalue weighted by Gasteiger charge is -2.29. The van der Waals surface area contributed by atoms with Gasteiger partial charge in [-0.15, -0.1) is 0 Å². The number of rotatable bonds is 6. The highest BCUT2D eigenvalue weighted by Gasteiger charge is 2.71. The Morgan fingerprint density at radius 3 is 2.59 bits per heavy atom. The topological polar surface area (TPSA) is 93.5 Å². The first-order valence-corrected chi connectivity index (χ1v) is 11.2. The summed E-state index contributed by atoms with van der Waals surface area (Å²) < 4.78 is 11.0. The van der Waals surface area contributed by atoms with E-state index in [0.717, 1.165) is 57.3 Å². The fraction of sp³-hybridized carbons (Fsp3) is 0.773. The van der Waals surface area contributed by atoms with Crippen molar-refractivity contribution in [3.8, 4) is 0 Å². The monoisotopic (exact) mass is 401 g/mol. The van der Waals surface area contributed by atoms with Crippen molar-refractivity contribution < 1.29 is 18.8 Å². The van der Waals surface area contributed by atoms with Gasteiger partial charge in [0.05, 0.1) is 30.7 Å². The molecule has 29 heavy (non-hydrogen) atoms. The molecule has 1 aromatic heterocycles. The van der Waals surface area contributed by atoms with Crippen molar-refractivity contribution in [3.05, 3.63) is 17.5 Å². The Bertz CT molecular complexity index is 781. The minimum atomic E-state index is -0.283. The third-order valence-corrected chi connectivity index (χ3v) is 7.96. The van der Waals surface area contributed by atoms with Crippen LogP contribution in [0.1, 0.15) is 50.0 Å². The van der Waals surface area contributed by atoms with E-state index in [1.165, 1.54) is 0 Å². The van der Waals surface area contributed by atoms with Gasteiger partial charge >= 0.3 is 5.97 Å². The molecular weight excluding hydrogens is 370 g/mol. The lowest BCUT2D eigenvalue weighted by atomic mass is 9.78. The second-order valence-electron chi connectivity index (χ2n) is 9.55. The van der Waals surface area contributed by atoms with Crippen LogP contribution in [0.4, 0.5) is 0 Å². The number of ether oxygens (including phenoxy) is 1. The number of aromatic nitrogens is 1. The fourth-order valence-electron chi connectivity index (χ4n) is 6.46. The summed E-state index contributed by atoms with van der Waals surface area (Å²) in [6.45, 7) is 4.65. The minimum Gasteiger partial charge on any atom is -0.465 e. The van der Waals surface area contributed by atoms with Crippen molar-refractivity contribution in [2.75, 3.05) is 19.7 Å². The van der Waals surface area contributed by atoms with Gasteiger partial charge in [0.1, 0.15) is 0 Å². The van der Waals surface area contributed by atoms with Gasteiger partial charge in [-0.3, -0.25) is 9.59 Å². The zero-order valence-electron chi connectivity index (χ0n) is 17.1. The fourth-order valence-corrected chi connectivity index (χ4v) is 6.46. The normalized spacial score (nSPS) is 32.4. The van der Waals surface area contributed by atoms with Crippen molar-refractivity contribution in [3.63, 3.8) is 0 Å². The Labute approximate surface area is 171 Å². The molecule has 0 radical (unpaired) electrons. The van der Waals surface area contributed by atoms with E-state index in [2.05, 4.69) is 15.8 Å². The Kier molecular flexibility index (Phi) is 4.88. The number of piperidine rings is 1. The Balaban J connectivity index is 1.26. The minimum absolute atomic E-state index is 0.0265. The Morgan fingerprint density at radius 1 is 1.21 bits per heavy atom. The van der Waals surface area contributed by atoms with E-state index in [-0.39, 0.29) is 29.1 Å². The van der Waals surface area contributed by atoms with E-state index in [1.54, 1.807) is 0 Å². The summed E-state index contributed by atoms with van der Waals surface area (Å²) in [4.78, 5) is 26.3. The van der Waals surface area contributed by atoms with E-state index in [1.807, 2.05) is 13.0 Å². The number of carbonyl (C=O) groups is 2. The highest BCUT2D eigenvalue weighted by molar-refractivity contribution is 5.87. The lowest BCUT2D eigenvalue weighted by Crippen LogP contribution is -2.42. The molecule has 1 spiro atoms. The van der Waals surface area contributed by atoms with E-state index in [9.17, 15) is 9.59 Å². The standard InChI is InChI=1S/C22H31N3O4/c1-13-10-15(29-25-13)11-24-20(26)18-16-2-3-17(22(16)6-7-22)19(18)21(27)28-12-14-4-8-23-9-5-14/h10,14,16-19,23H,2-9,11-12H2,1H3,(H,24,26)/t16-,17+,18+,19+/m0/s1. The van der Waals surface area contributed by atoms with E-state index in [0.29, 0.717) is 36.7 Å². The van der Waals surface area contributed by atoms with Crippen molar-refractivity contribution in [1.29, 1.82) is 0 Å². The highest BCUT2D eigenvalue weighted by atomic mass is 16.5. The molecule has 1 saturated heterocycles. The van der Waals surface area contributed by atoms with Gasteiger partial charge in [0.15, 0.2) is 5.76 Å². The number of hydrogen-bond acceptors (Lipinski definition) is 6. The van der Waals surface area contributed by atoms with Gasteiger partial charge in [0, 0.05) is 6.07 Å².